The van der Waals surface area contributed by atoms with E-state index in [0.717, 1.165) is 15.2 Å². The van der Waals surface area contributed by atoms with Crippen molar-refractivity contribution < 1.29 is 0 Å². The van der Waals surface area contributed by atoms with Gasteiger partial charge in [0.1, 0.15) is 5.01 Å². The molecule has 0 radical (unpaired) electrons. The molecule has 1 heterocycles. The molecule has 0 saturated carbocycles. The largest absolute Gasteiger partial charge is 0.374 e. The van der Waals surface area contributed by atoms with Crippen LogP contribution in [0.15, 0.2) is 33.6 Å². The van der Waals surface area contributed by atoms with Crippen molar-refractivity contribution in [1.82, 2.24) is 10.2 Å². The highest BCUT2D eigenvalue weighted by atomic mass is 79.9. The molecule has 0 amide bonds. The number of thioether (sulfide) groups is 1. The standard InChI is InChI=1S/C9H8BrN3S2/c10-6-3-1-2-4-7(6)14-5-8-12-13-9(11)15-8/h1-4H,5H2,(H2,11,13). The van der Waals surface area contributed by atoms with Gasteiger partial charge in [-0.2, -0.15) is 0 Å². The number of nitrogen functional groups attached to an aromatic ring is 1. The highest BCUT2D eigenvalue weighted by Gasteiger charge is 2.04. The summed E-state index contributed by atoms with van der Waals surface area (Å²) in [4.78, 5) is 1.20. The van der Waals surface area contributed by atoms with Crippen molar-refractivity contribution in [1.29, 1.82) is 0 Å². The lowest BCUT2D eigenvalue weighted by Gasteiger charge is -2.00. The minimum Gasteiger partial charge on any atom is -0.374 e. The van der Waals surface area contributed by atoms with E-state index in [1.54, 1.807) is 11.8 Å². The summed E-state index contributed by atoms with van der Waals surface area (Å²) in [7, 11) is 0. The van der Waals surface area contributed by atoms with Gasteiger partial charge in [-0.05, 0) is 28.1 Å². The maximum absolute atomic E-state index is 5.50. The van der Waals surface area contributed by atoms with Gasteiger partial charge in [0, 0.05) is 9.37 Å². The second-order valence-electron chi connectivity index (χ2n) is 2.75. The highest BCUT2D eigenvalue weighted by Crippen LogP contribution is 2.30. The molecule has 0 aliphatic heterocycles. The van der Waals surface area contributed by atoms with Crippen LogP contribution in [0, 0.1) is 0 Å². The van der Waals surface area contributed by atoms with Crippen molar-refractivity contribution in [3.63, 3.8) is 0 Å². The fraction of sp³-hybridized carbons (Fsp3) is 0.111. The molecule has 78 valence electrons. The predicted molar refractivity (Wildman–Crippen MR) is 68.0 cm³/mol. The average Bonchev–Trinajstić information content (AvgIpc) is 2.63. The van der Waals surface area contributed by atoms with E-state index < -0.39 is 0 Å². The lowest BCUT2D eigenvalue weighted by molar-refractivity contribution is 1.05. The van der Waals surface area contributed by atoms with E-state index >= 15 is 0 Å². The fourth-order valence-corrected chi connectivity index (χ4v) is 3.19. The van der Waals surface area contributed by atoms with E-state index in [4.69, 9.17) is 5.73 Å². The van der Waals surface area contributed by atoms with Gasteiger partial charge < -0.3 is 5.73 Å². The van der Waals surface area contributed by atoms with Crippen molar-refractivity contribution in [2.45, 2.75) is 10.6 Å². The zero-order valence-corrected chi connectivity index (χ0v) is 10.9. The van der Waals surface area contributed by atoms with Crippen molar-refractivity contribution in [2.24, 2.45) is 0 Å². The maximum Gasteiger partial charge on any atom is 0.203 e. The van der Waals surface area contributed by atoms with Gasteiger partial charge in [-0.3, -0.25) is 0 Å². The Morgan fingerprint density at radius 1 is 1.33 bits per heavy atom. The summed E-state index contributed by atoms with van der Waals surface area (Å²) in [6.45, 7) is 0. The number of nitrogens with two attached hydrogens (primary N) is 1. The summed E-state index contributed by atoms with van der Waals surface area (Å²) in [5.41, 5.74) is 5.50. The van der Waals surface area contributed by atoms with Crippen LogP contribution in [0.1, 0.15) is 5.01 Å². The topological polar surface area (TPSA) is 51.8 Å². The van der Waals surface area contributed by atoms with Crippen LogP contribution in [-0.4, -0.2) is 10.2 Å². The number of benzene rings is 1. The van der Waals surface area contributed by atoms with Crippen molar-refractivity contribution in [2.75, 3.05) is 5.73 Å². The third-order valence-electron chi connectivity index (χ3n) is 1.67. The third kappa shape index (κ3) is 2.93. The zero-order valence-electron chi connectivity index (χ0n) is 7.68. The summed E-state index contributed by atoms with van der Waals surface area (Å²) in [6, 6.07) is 8.11. The van der Waals surface area contributed by atoms with Crippen molar-refractivity contribution in [3.8, 4) is 0 Å². The number of anilines is 1. The molecule has 0 fully saturated rings. The number of hydrogen-bond acceptors (Lipinski definition) is 5. The summed E-state index contributed by atoms with van der Waals surface area (Å²) >= 11 is 6.65. The van der Waals surface area contributed by atoms with Crippen LogP contribution in [0.3, 0.4) is 0 Å². The van der Waals surface area contributed by atoms with Crippen LogP contribution < -0.4 is 5.73 Å². The third-order valence-corrected chi connectivity index (χ3v) is 4.64. The second-order valence-corrected chi connectivity index (χ2v) is 5.72. The monoisotopic (exact) mass is 301 g/mol. The van der Waals surface area contributed by atoms with Crippen LogP contribution in [0.25, 0.3) is 0 Å². The Morgan fingerprint density at radius 3 is 2.80 bits per heavy atom. The Labute approximate surface area is 104 Å². The van der Waals surface area contributed by atoms with Gasteiger partial charge in [0.2, 0.25) is 5.13 Å². The van der Waals surface area contributed by atoms with Gasteiger partial charge in [-0.25, -0.2) is 0 Å². The van der Waals surface area contributed by atoms with E-state index in [1.807, 2.05) is 18.2 Å². The number of halogens is 1. The van der Waals surface area contributed by atoms with Crippen LogP contribution >= 0.6 is 39.0 Å². The Bertz CT molecular complexity index is 458. The van der Waals surface area contributed by atoms with E-state index in [0.29, 0.717) is 5.13 Å². The molecule has 1 aromatic carbocycles. The minimum absolute atomic E-state index is 0.526. The zero-order chi connectivity index (χ0) is 10.7. The van der Waals surface area contributed by atoms with E-state index in [9.17, 15) is 0 Å². The van der Waals surface area contributed by atoms with Crippen molar-refractivity contribution in [3.05, 3.63) is 33.7 Å². The normalized spacial score (nSPS) is 10.5. The van der Waals surface area contributed by atoms with E-state index in [2.05, 4.69) is 32.2 Å². The SMILES string of the molecule is Nc1nnc(CSc2ccccc2Br)s1. The fourth-order valence-electron chi connectivity index (χ4n) is 1.03. The second kappa shape index (κ2) is 4.96. The van der Waals surface area contributed by atoms with Gasteiger partial charge in [-0.15, -0.1) is 22.0 Å². The van der Waals surface area contributed by atoms with Gasteiger partial charge in [0.25, 0.3) is 0 Å². The van der Waals surface area contributed by atoms with Crippen LogP contribution in [-0.2, 0) is 5.75 Å². The first-order valence-corrected chi connectivity index (χ1v) is 6.80. The molecule has 0 atom stereocenters. The Hall–Kier alpha value is -0.590. The molecule has 0 unspecified atom stereocenters. The molecule has 2 aromatic rings. The molecule has 1 aromatic heterocycles. The van der Waals surface area contributed by atoms with Crippen LogP contribution in [0.5, 0.6) is 0 Å². The molecule has 0 aliphatic carbocycles. The number of hydrogen-bond donors (Lipinski definition) is 1. The molecular weight excluding hydrogens is 294 g/mol. The Morgan fingerprint density at radius 2 is 2.13 bits per heavy atom. The van der Waals surface area contributed by atoms with E-state index in [1.165, 1.54) is 16.2 Å². The summed E-state index contributed by atoms with van der Waals surface area (Å²) in [5, 5.41) is 9.22. The first-order valence-electron chi connectivity index (χ1n) is 4.21. The smallest absolute Gasteiger partial charge is 0.203 e. The number of aromatic nitrogens is 2. The molecule has 0 saturated heterocycles. The lowest BCUT2D eigenvalue weighted by Crippen LogP contribution is -1.81. The molecule has 3 nitrogen and oxygen atoms in total. The first-order chi connectivity index (χ1) is 7.25. The first kappa shape index (κ1) is 10.9. The molecule has 0 bridgehead atoms. The van der Waals surface area contributed by atoms with Crippen LogP contribution in [0.2, 0.25) is 0 Å². The molecule has 0 spiro atoms. The van der Waals surface area contributed by atoms with Gasteiger partial charge in [0.15, 0.2) is 0 Å². The Kier molecular flexibility index (Phi) is 3.61. The molecule has 6 heteroatoms. The Balaban J connectivity index is 2.02. The molecule has 15 heavy (non-hydrogen) atoms. The maximum atomic E-state index is 5.50. The average molecular weight is 302 g/mol. The molecule has 2 rings (SSSR count). The molecule has 2 N–H and O–H groups in total. The summed E-state index contributed by atoms with van der Waals surface area (Å²) < 4.78 is 1.10. The lowest BCUT2D eigenvalue weighted by atomic mass is 10.4. The van der Waals surface area contributed by atoms with Gasteiger partial charge in [0.05, 0.1) is 5.75 Å². The van der Waals surface area contributed by atoms with E-state index in [-0.39, 0.29) is 0 Å². The van der Waals surface area contributed by atoms with Gasteiger partial charge >= 0.3 is 0 Å². The van der Waals surface area contributed by atoms with Crippen molar-refractivity contribution >= 4 is 44.2 Å². The highest BCUT2D eigenvalue weighted by molar-refractivity contribution is 9.10. The molecule has 0 aliphatic rings. The quantitative estimate of drug-likeness (QED) is 0.885. The minimum atomic E-state index is 0.526. The number of nitrogens with zero attached hydrogens (tertiary/aromatic N) is 2. The summed E-state index contributed by atoms with van der Waals surface area (Å²) in [5.74, 6) is 0.803. The predicted octanol–water partition coefficient (Wildman–Crippen LogP) is 3.18. The van der Waals surface area contributed by atoms with Crippen LogP contribution in [0.4, 0.5) is 5.13 Å². The molecular formula is C9H8BrN3S2. The van der Waals surface area contributed by atoms with Gasteiger partial charge in [-0.1, -0.05) is 23.5 Å². The number of rotatable bonds is 3. The summed E-state index contributed by atoms with van der Waals surface area (Å²) in [6.07, 6.45) is 0.